The SMILES string of the molecule is CN1C[C@H](Nc2cnn(C)c(=O)c2Br)C[C@H](c2ccc(C(=O)NC3CCN(c4cccc5c4C(=O)N(C4CCC(=O)NC4=O)C5=O)CC3)cc2)C1. The number of imide groups is 2. The summed E-state index contributed by atoms with van der Waals surface area (Å²) in [5.41, 5.74) is 3.34. The van der Waals surface area contributed by atoms with Crippen molar-refractivity contribution in [3.63, 3.8) is 0 Å². The van der Waals surface area contributed by atoms with Crippen LogP contribution in [-0.2, 0) is 16.6 Å². The molecule has 0 aliphatic carbocycles. The van der Waals surface area contributed by atoms with E-state index in [2.05, 4.69) is 48.9 Å². The van der Waals surface area contributed by atoms with Crippen molar-refractivity contribution in [2.75, 3.05) is 43.4 Å². The maximum atomic E-state index is 13.6. The zero-order chi connectivity index (χ0) is 36.0. The van der Waals surface area contributed by atoms with E-state index in [-0.39, 0.29) is 53.4 Å². The Labute approximate surface area is 302 Å². The zero-order valence-corrected chi connectivity index (χ0v) is 29.9. The molecule has 0 radical (unpaired) electrons. The number of benzene rings is 2. The van der Waals surface area contributed by atoms with Gasteiger partial charge in [-0.2, -0.15) is 5.10 Å². The molecule has 4 aliphatic heterocycles. The number of nitrogens with zero attached hydrogens (tertiary/aromatic N) is 5. The molecule has 4 aliphatic rings. The molecule has 5 heterocycles. The van der Waals surface area contributed by atoms with Crippen LogP contribution in [-0.4, -0.2) is 100 Å². The summed E-state index contributed by atoms with van der Waals surface area (Å²) in [6.45, 7) is 2.82. The smallest absolute Gasteiger partial charge is 0.282 e. The normalized spacial score (nSPS) is 22.9. The van der Waals surface area contributed by atoms with E-state index < -0.39 is 29.7 Å². The molecule has 15 heteroatoms. The summed E-state index contributed by atoms with van der Waals surface area (Å²) in [6, 6.07) is 11.9. The Balaban J connectivity index is 0.950. The Hall–Kier alpha value is -4.89. The molecule has 3 atom stereocenters. The van der Waals surface area contributed by atoms with Gasteiger partial charge in [-0.1, -0.05) is 18.2 Å². The van der Waals surface area contributed by atoms with Gasteiger partial charge in [0.2, 0.25) is 11.8 Å². The minimum atomic E-state index is -1.02. The van der Waals surface area contributed by atoms with E-state index in [1.165, 1.54) is 4.68 Å². The summed E-state index contributed by atoms with van der Waals surface area (Å²) >= 11 is 3.40. The summed E-state index contributed by atoms with van der Waals surface area (Å²) in [5, 5.41) is 13.0. The number of hydrogen-bond donors (Lipinski definition) is 3. The summed E-state index contributed by atoms with van der Waals surface area (Å²) in [5.74, 6) is -2.02. The highest BCUT2D eigenvalue weighted by atomic mass is 79.9. The average molecular weight is 760 g/mol. The molecule has 1 unspecified atom stereocenters. The fourth-order valence-corrected chi connectivity index (χ4v) is 8.17. The summed E-state index contributed by atoms with van der Waals surface area (Å²) in [6.07, 6.45) is 3.97. The van der Waals surface area contributed by atoms with Crippen molar-refractivity contribution in [2.45, 2.75) is 56.1 Å². The van der Waals surface area contributed by atoms with Crippen molar-refractivity contribution in [3.05, 3.63) is 85.7 Å². The minimum absolute atomic E-state index is 0.0627. The predicted molar refractivity (Wildman–Crippen MR) is 192 cm³/mol. The molecule has 0 saturated carbocycles. The van der Waals surface area contributed by atoms with E-state index in [1.807, 2.05) is 29.2 Å². The summed E-state index contributed by atoms with van der Waals surface area (Å²) in [4.78, 5) is 81.9. The van der Waals surface area contributed by atoms with Crippen LogP contribution >= 0.6 is 15.9 Å². The number of aryl methyl sites for hydroxylation is 1. The van der Waals surface area contributed by atoms with E-state index in [9.17, 15) is 28.8 Å². The van der Waals surface area contributed by atoms with Gasteiger partial charge in [-0.25, -0.2) is 4.68 Å². The topological polar surface area (TPSA) is 166 Å². The second-order valence-corrected chi connectivity index (χ2v) is 14.6. The molecular formula is C36H39BrN8O6. The Bertz CT molecular complexity index is 1970. The lowest BCUT2D eigenvalue weighted by molar-refractivity contribution is -0.136. The van der Waals surface area contributed by atoms with Crippen LogP contribution in [0.1, 0.15) is 74.7 Å². The largest absolute Gasteiger partial charge is 0.379 e. The Kier molecular flexibility index (Phi) is 9.50. The molecular weight excluding hydrogens is 720 g/mol. The van der Waals surface area contributed by atoms with Crippen LogP contribution in [0.25, 0.3) is 0 Å². The molecule has 51 heavy (non-hydrogen) atoms. The zero-order valence-electron chi connectivity index (χ0n) is 28.4. The summed E-state index contributed by atoms with van der Waals surface area (Å²) in [7, 11) is 3.69. The van der Waals surface area contributed by atoms with Gasteiger partial charge < -0.3 is 20.4 Å². The van der Waals surface area contributed by atoms with Gasteiger partial charge in [0, 0.05) is 57.3 Å². The monoisotopic (exact) mass is 758 g/mol. The third-order valence-electron chi connectivity index (χ3n) is 10.3. The second kappa shape index (κ2) is 14.0. The van der Waals surface area contributed by atoms with Crippen LogP contribution in [0, 0.1) is 0 Å². The Morgan fingerprint density at radius 2 is 1.67 bits per heavy atom. The molecule has 3 N–H and O–H groups in total. The number of aromatic nitrogens is 2. The molecule has 2 aromatic carbocycles. The second-order valence-electron chi connectivity index (χ2n) is 13.8. The number of carbonyl (C=O) groups excluding carboxylic acids is 5. The molecule has 0 spiro atoms. The van der Waals surface area contributed by atoms with E-state index in [0.717, 1.165) is 30.0 Å². The number of likely N-dealkylation sites (N-methyl/N-ethyl adjacent to an activating group) is 1. The Morgan fingerprint density at radius 1 is 0.922 bits per heavy atom. The van der Waals surface area contributed by atoms with E-state index >= 15 is 0 Å². The highest BCUT2D eigenvalue weighted by molar-refractivity contribution is 9.10. The van der Waals surface area contributed by atoms with Crippen LogP contribution in [0.2, 0.25) is 0 Å². The molecule has 14 nitrogen and oxygen atoms in total. The van der Waals surface area contributed by atoms with E-state index in [4.69, 9.17) is 0 Å². The fourth-order valence-electron chi connectivity index (χ4n) is 7.70. The maximum Gasteiger partial charge on any atom is 0.282 e. The third-order valence-corrected chi connectivity index (χ3v) is 11.1. The van der Waals surface area contributed by atoms with Gasteiger partial charge in [0.25, 0.3) is 23.3 Å². The van der Waals surface area contributed by atoms with Crippen LogP contribution in [0.3, 0.4) is 0 Å². The number of fused-ring (bicyclic) bond motifs is 1. The van der Waals surface area contributed by atoms with Gasteiger partial charge in [-0.05, 0) is 84.4 Å². The van der Waals surface area contributed by atoms with Gasteiger partial charge in [0.05, 0.1) is 28.7 Å². The molecule has 3 fully saturated rings. The van der Waals surface area contributed by atoms with Crippen molar-refractivity contribution in [1.29, 1.82) is 0 Å². The molecule has 1 aromatic heterocycles. The number of carbonyl (C=O) groups is 5. The lowest BCUT2D eigenvalue weighted by atomic mass is 9.87. The average Bonchev–Trinajstić information content (AvgIpc) is 3.37. The fraction of sp³-hybridized carbons (Fsp3) is 0.417. The number of anilines is 2. The molecule has 5 amide bonds. The van der Waals surface area contributed by atoms with Gasteiger partial charge >= 0.3 is 0 Å². The van der Waals surface area contributed by atoms with Gasteiger partial charge in [0.1, 0.15) is 10.5 Å². The summed E-state index contributed by atoms with van der Waals surface area (Å²) < 4.78 is 1.75. The van der Waals surface area contributed by atoms with E-state index in [0.29, 0.717) is 47.3 Å². The molecule has 0 bridgehead atoms. The lowest BCUT2D eigenvalue weighted by Gasteiger charge is -2.37. The van der Waals surface area contributed by atoms with Crippen LogP contribution < -0.4 is 26.4 Å². The number of likely N-dealkylation sites (tertiary alicyclic amines) is 1. The highest BCUT2D eigenvalue weighted by Crippen LogP contribution is 2.35. The van der Waals surface area contributed by atoms with Crippen LogP contribution in [0.5, 0.6) is 0 Å². The highest BCUT2D eigenvalue weighted by Gasteiger charge is 2.46. The standard InChI is InChI=1S/C36H39BrN8O6/c1-42-18-22(16-24(19-42)39-26-17-38-43(2)36(51)31(26)37)20-6-8-21(9-7-20)32(47)40-23-12-14-44(15-13-23)27-5-3-4-25-30(27)35(50)45(34(25)49)28-10-11-29(46)41-33(28)48/h3-9,17,22-24,28,39H,10-16,18-19H2,1-2H3,(H,40,47)(H,41,46,48)/t22-,24+,28?/m0/s1. The number of amides is 5. The van der Waals surface area contributed by atoms with Gasteiger partial charge in [-0.15, -0.1) is 0 Å². The Morgan fingerprint density at radius 3 is 2.39 bits per heavy atom. The molecule has 7 rings (SSSR count). The maximum absolute atomic E-state index is 13.6. The van der Waals surface area contributed by atoms with E-state index in [1.54, 1.807) is 31.4 Å². The van der Waals surface area contributed by atoms with Crippen molar-refractivity contribution in [2.24, 2.45) is 7.05 Å². The van der Waals surface area contributed by atoms with Crippen molar-refractivity contribution in [3.8, 4) is 0 Å². The molecule has 3 saturated heterocycles. The van der Waals surface area contributed by atoms with Crippen LogP contribution in [0.15, 0.2) is 57.9 Å². The van der Waals surface area contributed by atoms with Crippen molar-refractivity contribution < 1.29 is 24.0 Å². The van der Waals surface area contributed by atoms with Gasteiger partial charge in [0.15, 0.2) is 0 Å². The first-order valence-corrected chi connectivity index (χ1v) is 17.9. The molecule has 266 valence electrons. The first kappa shape index (κ1) is 34.6. The number of piperidine rings is 3. The third kappa shape index (κ3) is 6.79. The van der Waals surface area contributed by atoms with Crippen LogP contribution in [0.4, 0.5) is 11.4 Å². The predicted octanol–water partition coefficient (Wildman–Crippen LogP) is 2.24. The van der Waals surface area contributed by atoms with Crippen molar-refractivity contribution in [1.82, 2.24) is 30.2 Å². The first-order chi connectivity index (χ1) is 24.5. The number of hydrogen-bond acceptors (Lipinski definition) is 10. The van der Waals surface area contributed by atoms with Crippen molar-refractivity contribution >= 4 is 56.8 Å². The minimum Gasteiger partial charge on any atom is -0.379 e. The number of halogens is 1. The first-order valence-electron chi connectivity index (χ1n) is 17.2. The van der Waals surface area contributed by atoms with Gasteiger partial charge in [-0.3, -0.25) is 39.0 Å². The quantitative estimate of drug-likeness (QED) is 0.305. The molecule has 3 aromatic rings. The number of nitrogens with one attached hydrogen (secondary N) is 3. The number of rotatable bonds is 7. The lowest BCUT2D eigenvalue weighted by Crippen LogP contribution is -2.54.